The van der Waals surface area contributed by atoms with Crippen molar-refractivity contribution in [3.8, 4) is 6.07 Å². The molecule has 6 nitrogen and oxygen atoms in total. The zero-order valence-corrected chi connectivity index (χ0v) is 17.5. The highest BCUT2D eigenvalue weighted by Gasteiger charge is 2.29. The maximum Gasteiger partial charge on any atom is 0.338 e. The Bertz CT molecular complexity index is 1090. The molecule has 31 heavy (non-hydrogen) atoms. The average molecular weight is 415 g/mol. The van der Waals surface area contributed by atoms with Crippen LogP contribution in [-0.2, 0) is 35.4 Å². The summed E-state index contributed by atoms with van der Waals surface area (Å²) in [5.74, 6) is 0.405. The Balaban J connectivity index is 1.11. The van der Waals surface area contributed by atoms with E-state index in [1.54, 1.807) is 0 Å². The van der Waals surface area contributed by atoms with E-state index in [1.165, 1.54) is 16.7 Å². The van der Waals surface area contributed by atoms with Gasteiger partial charge in [0.1, 0.15) is 6.61 Å². The third-order valence-electron chi connectivity index (χ3n) is 6.69. The molecule has 0 radical (unpaired) electrons. The number of fused-ring (bicyclic) bond motifs is 2. The van der Waals surface area contributed by atoms with Gasteiger partial charge in [-0.2, -0.15) is 5.26 Å². The van der Waals surface area contributed by atoms with Gasteiger partial charge in [-0.1, -0.05) is 18.2 Å². The van der Waals surface area contributed by atoms with Crippen molar-refractivity contribution in [2.45, 2.75) is 25.9 Å². The number of amides is 1. The zero-order chi connectivity index (χ0) is 21.4. The van der Waals surface area contributed by atoms with Gasteiger partial charge in [-0.25, -0.2) is 4.79 Å². The van der Waals surface area contributed by atoms with Crippen LogP contribution < -0.4 is 0 Å². The lowest BCUT2D eigenvalue weighted by molar-refractivity contribution is -0.136. The topological polar surface area (TPSA) is 73.6 Å². The van der Waals surface area contributed by atoms with E-state index in [0.29, 0.717) is 30.2 Å². The van der Waals surface area contributed by atoms with Gasteiger partial charge in [0.2, 0.25) is 5.91 Å². The number of esters is 1. The van der Waals surface area contributed by atoms with Crippen molar-refractivity contribution >= 4 is 11.9 Å². The molecule has 1 unspecified atom stereocenters. The smallest absolute Gasteiger partial charge is 0.338 e. The van der Waals surface area contributed by atoms with Crippen LogP contribution in [0.5, 0.6) is 0 Å². The van der Waals surface area contributed by atoms with Crippen LogP contribution in [0, 0.1) is 17.2 Å². The molecule has 1 atom stereocenters. The second-order valence-corrected chi connectivity index (χ2v) is 8.80. The van der Waals surface area contributed by atoms with Crippen LogP contribution in [0.3, 0.4) is 0 Å². The maximum absolute atomic E-state index is 12.8. The van der Waals surface area contributed by atoms with Crippen molar-refractivity contribution in [3.63, 3.8) is 0 Å². The summed E-state index contributed by atoms with van der Waals surface area (Å²) in [5.41, 5.74) is 6.10. The third kappa shape index (κ3) is 4.06. The minimum Gasteiger partial charge on any atom is -0.457 e. The first-order valence-corrected chi connectivity index (χ1v) is 10.9. The monoisotopic (exact) mass is 415 g/mol. The molecule has 0 spiro atoms. The molecular formula is C25H25N3O3. The molecule has 5 rings (SSSR count). The summed E-state index contributed by atoms with van der Waals surface area (Å²) in [5, 5.41) is 9.10. The average Bonchev–Trinajstić information content (AvgIpc) is 3.36. The van der Waals surface area contributed by atoms with Crippen LogP contribution in [0.15, 0.2) is 36.4 Å². The van der Waals surface area contributed by atoms with E-state index >= 15 is 0 Å². The number of piperazine rings is 1. The minimum absolute atomic E-state index is 0.202. The lowest BCUT2D eigenvalue weighted by Gasteiger charge is -2.35. The highest BCUT2D eigenvalue weighted by atomic mass is 16.5. The Labute approximate surface area is 182 Å². The van der Waals surface area contributed by atoms with Crippen molar-refractivity contribution in [2.24, 2.45) is 5.92 Å². The second-order valence-electron chi connectivity index (χ2n) is 8.80. The van der Waals surface area contributed by atoms with Crippen LogP contribution in [0.25, 0.3) is 0 Å². The number of rotatable bonds is 5. The van der Waals surface area contributed by atoms with Crippen molar-refractivity contribution in [2.75, 3.05) is 32.7 Å². The summed E-state index contributed by atoms with van der Waals surface area (Å²) in [6, 6.07) is 14.0. The molecule has 1 fully saturated rings. The molecule has 1 saturated heterocycles. The van der Waals surface area contributed by atoms with Gasteiger partial charge in [0.15, 0.2) is 0 Å². The number of hydrogen-bond donors (Lipinski definition) is 0. The molecular weight excluding hydrogens is 390 g/mol. The lowest BCUT2D eigenvalue weighted by atomic mass is 10.0. The van der Waals surface area contributed by atoms with E-state index in [-0.39, 0.29) is 11.9 Å². The highest BCUT2D eigenvalue weighted by Crippen LogP contribution is 2.28. The normalized spacial score (nSPS) is 20.4. The van der Waals surface area contributed by atoms with E-state index in [1.807, 2.05) is 35.2 Å². The van der Waals surface area contributed by atoms with Crippen molar-refractivity contribution in [3.05, 3.63) is 69.8 Å². The summed E-state index contributed by atoms with van der Waals surface area (Å²) in [7, 11) is 0. The number of cyclic esters (lactones) is 1. The predicted octanol–water partition coefficient (Wildman–Crippen LogP) is 2.33. The van der Waals surface area contributed by atoms with Crippen LogP contribution in [0.1, 0.15) is 38.2 Å². The van der Waals surface area contributed by atoms with Crippen LogP contribution in [0.2, 0.25) is 0 Å². The second kappa shape index (κ2) is 8.16. The lowest BCUT2D eigenvalue weighted by Crippen LogP contribution is -2.52. The molecule has 158 valence electrons. The van der Waals surface area contributed by atoms with E-state index in [4.69, 9.17) is 10.00 Å². The Kier molecular flexibility index (Phi) is 5.21. The van der Waals surface area contributed by atoms with E-state index < -0.39 is 0 Å². The zero-order valence-electron chi connectivity index (χ0n) is 17.5. The number of benzene rings is 2. The van der Waals surface area contributed by atoms with Crippen molar-refractivity contribution < 1.29 is 14.3 Å². The van der Waals surface area contributed by atoms with Gasteiger partial charge in [-0.15, -0.1) is 0 Å². The summed E-state index contributed by atoms with van der Waals surface area (Å²) in [6.45, 7) is 4.10. The molecule has 2 aliphatic heterocycles. The van der Waals surface area contributed by atoms with Crippen LogP contribution >= 0.6 is 0 Å². The fourth-order valence-electron chi connectivity index (χ4n) is 4.99. The molecule has 1 amide bonds. The summed E-state index contributed by atoms with van der Waals surface area (Å²) in [4.78, 5) is 28.6. The SMILES string of the molecule is N#Cc1ccc2c(c1)CC(CN1CCN(CCc3ccc4c(c3)COC4=O)CC1=O)C2. The molecule has 2 heterocycles. The predicted molar refractivity (Wildman–Crippen MR) is 114 cm³/mol. The highest BCUT2D eigenvalue weighted by molar-refractivity contribution is 5.93. The molecule has 1 aliphatic carbocycles. The fourth-order valence-corrected chi connectivity index (χ4v) is 4.99. The molecule has 0 N–H and O–H groups in total. The van der Waals surface area contributed by atoms with Gasteiger partial charge in [0, 0.05) is 31.7 Å². The first-order chi connectivity index (χ1) is 15.1. The standard InChI is InChI=1S/C25H25N3O3/c26-13-18-1-3-20-11-19(12-21(20)10-18)14-28-8-7-27(15-24(28)29)6-5-17-2-4-23-22(9-17)16-31-25(23)30/h1-4,9-10,19H,5-8,11-12,14-16H2. The van der Waals surface area contributed by atoms with Gasteiger partial charge in [0.05, 0.1) is 23.7 Å². The fraction of sp³-hybridized carbons (Fsp3) is 0.400. The number of ether oxygens (including phenoxy) is 1. The molecule has 0 aromatic heterocycles. The van der Waals surface area contributed by atoms with Crippen molar-refractivity contribution in [1.82, 2.24) is 9.80 Å². The number of carbonyl (C=O) groups excluding carboxylic acids is 2. The Hall–Kier alpha value is -3.17. The molecule has 0 bridgehead atoms. The summed E-state index contributed by atoms with van der Waals surface area (Å²) < 4.78 is 5.07. The first-order valence-electron chi connectivity index (χ1n) is 10.9. The Morgan fingerprint density at radius 1 is 1.03 bits per heavy atom. The summed E-state index contributed by atoms with van der Waals surface area (Å²) >= 11 is 0. The Morgan fingerprint density at radius 3 is 2.74 bits per heavy atom. The number of nitrogens with zero attached hydrogens (tertiary/aromatic N) is 3. The van der Waals surface area contributed by atoms with Gasteiger partial charge in [-0.3, -0.25) is 9.69 Å². The quantitative estimate of drug-likeness (QED) is 0.701. The Morgan fingerprint density at radius 2 is 1.90 bits per heavy atom. The van der Waals surface area contributed by atoms with Gasteiger partial charge >= 0.3 is 5.97 Å². The summed E-state index contributed by atoms with van der Waals surface area (Å²) in [6.07, 6.45) is 2.79. The first kappa shape index (κ1) is 19.8. The minimum atomic E-state index is -0.237. The number of hydrogen-bond acceptors (Lipinski definition) is 5. The molecule has 6 heteroatoms. The number of nitriles is 1. The molecule has 3 aliphatic rings. The van der Waals surface area contributed by atoms with Crippen molar-refractivity contribution in [1.29, 1.82) is 5.26 Å². The van der Waals surface area contributed by atoms with Gasteiger partial charge < -0.3 is 9.64 Å². The van der Waals surface area contributed by atoms with E-state index in [0.717, 1.165) is 51.0 Å². The third-order valence-corrected chi connectivity index (χ3v) is 6.69. The number of carbonyl (C=O) groups is 2. The largest absolute Gasteiger partial charge is 0.457 e. The molecule has 0 saturated carbocycles. The molecule has 2 aromatic rings. The van der Waals surface area contributed by atoms with E-state index in [9.17, 15) is 9.59 Å². The van der Waals surface area contributed by atoms with Crippen LogP contribution in [-0.4, -0.2) is 54.4 Å². The van der Waals surface area contributed by atoms with Gasteiger partial charge in [-0.05, 0) is 60.1 Å². The van der Waals surface area contributed by atoms with Gasteiger partial charge in [0.25, 0.3) is 0 Å². The van der Waals surface area contributed by atoms with Crippen LogP contribution in [0.4, 0.5) is 0 Å². The maximum atomic E-state index is 12.8. The van der Waals surface area contributed by atoms with E-state index in [2.05, 4.69) is 17.0 Å². The molecule has 2 aromatic carbocycles.